The van der Waals surface area contributed by atoms with E-state index >= 15 is 0 Å². The van der Waals surface area contributed by atoms with Crippen LogP contribution in [-0.4, -0.2) is 37.8 Å². The Balaban J connectivity index is 2.29. The second-order valence-electron chi connectivity index (χ2n) is 3.26. The minimum atomic E-state index is -0.214. The van der Waals surface area contributed by atoms with Crippen LogP contribution >= 0.6 is 0 Å². The van der Waals surface area contributed by atoms with E-state index in [1.807, 2.05) is 19.1 Å². The number of ether oxygens (including phenoxy) is 2. The highest BCUT2D eigenvalue weighted by Gasteiger charge is 2.02. The minimum Gasteiger partial charge on any atom is -0.382 e. The third-order valence-corrected chi connectivity index (χ3v) is 1.82. The van der Waals surface area contributed by atoms with Gasteiger partial charge in [0, 0.05) is 12.8 Å². The lowest BCUT2D eigenvalue weighted by atomic mass is 10.4. The first-order valence-corrected chi connectivity index (χ1v) is 5.02. The van der Waals surface area contributed by atoms with Crippen LogP contribution in [0.2, 0.25) is 0 Å². The molecule has 5 nitrogen and oxygen atoms in total. The first kappa shape index (κ1) is 12.6. The molecule has 0 unspecified atom stereocenters. The van der Waals surface area contributed by atoms with Crippen molar-refractivity contribution in [3.8, 4) is 0 Å². The first-order chi connectivity index (χ1) is 7.72. The van der Waals surface area contributed by atoms with Crippen LogP contribution in [-0.2, 0) is 14.3 Å². The lowest BCUT2D eigenvalue weighted by Gasteiger charge is -2.05. The van der Waals surface area contributed by atoms with Gasteiger partial charge in [-0.15, -0.1) is 0 Å². The fourth-order valence-corrected chi connectivity index (χ4v) is 1.10. The summed E-state index contributed by atoms with van der Waals surface area (Å²) in [6.07, 6.45) is 0. The molecule has 0 aromatic carbocycles. The largest absolute Gasteiger partial charge is 0.382 e. The number of aryl methyl sites for hydroxylation is 1. The van der Waals surface area contributed by atoms with Gasteiger partial charge in [0.1, 0.15) is 12.4 Å². The Hall–Kier alpha value is -1.46. The van der Waals surface area contributed by atoms with Crippen molar-refractivity contribution in [2.45, 2.75) is 6.92 Å². The van der Waals surface area contributed by atoms with E-state index in [1.165, 1.54) is 0 Å². The maximum atomic E-state index is 11.4. The molecule has 1 N–H and O–H groups in total. The molecule has 1 rings (SSSR count). The molecule has 0 aliphatic rings. The molecular weight excluding hydrogens is 208 g/mol. The number of hydrogen-bond donors (Lipinski definition) is 1. The fourth-order valence-electron chi connectivity index (χ4n) is 1.10. The molecule has 88 valence electrons. The molecule has 0 atom stereocenters. The van der Waals surface area contributed by atoms with Gasteiger partial charge in [0.05, 0.1) is 13.2 Å². The molecule has 0 radical (unpaired) electrons. The smallest absolute Gasteiger partial charge is 0.251 e. The Morgan fingerprint density at radius 3 is 2.94 bits per heavy atom. The Morgan fingerprint density at radius 2 is 2.25 bits per heavy atom. The molecule has 0 spiro atoms. The van der Waals surface area contributed by atoms with E-state index in [0.717, 1.165) is 5.69 Å². The highest BCUT2D eigenvalue weighted by atomic mass is 16.5. The molecule has 0 saturated carbocycles. The summed E-state index contributed by atoms with van der Waals surface area (Å²) in [5.74, 6) is 0.328. The Bertz CT molecular complexity index is 342. The average molecular weight is 224 g/mol. The zero-order valence-electron chi connectivity index (χ0n) is 9.53. The van der Waals surface area contributed by atoms with Gasteiger partial charge >= 0.3 is 0 Å². The minimum absolute atomic E-state index is 0.0129. The normalized spacial score (nSPS) is 10.1. The summed E-state index contributed by atoms with van der Waals surface area (Å²) < 4.78 is 9.86. The third-order valence-electron chi connectivity index (χ3n) is 1.82. The molecule has 16 heavy (non-hydrogen) atoms. The van der Waals surface area contributed by atoms with Gasteiger partial charge in [-0.25, -0.2) is 4.98 Å². The van der Waals surface area contributed by atoms with E-state index in [1.54, 1.807) is 13.2 Å². The summed E-state index contributed by atoms with van der Waals surface area (Å²) in [5.41, 5.74) is 0.859. The number of anilines is 1. The number of rotatable bonds is 6. The molecule has 1 aromatic heterocycles. The quantitative estimate of drug-likeness (QED) is 0.732. The van der Waals surface area contributed by atoms with Gasteiger partial charge in [0.25, 0.3) is 5.91 Å². The summed E-state index contributed by atoms with van der Waals surface area (Å²) in [6.45, 7) is 2.77. The van der Waals surface area contributed by atoms with Crippen LogP contribution in [0.5, 0.6) is 0 Å². The summed E-state index contributed by atoms with van der Waals surface area (Å²) in [6, 6.07) is 5.44. The number of pyridine rings is 1. The van der Waals surface area contributed by atoms with Crippen molar-refractivity contribution >= 4 is 11.7 Å². The molecule has 0 bridgehead atoms. The molecule has 1 heterocycles. The standard InChI is InChI=1S/C11H16N2O3/c1-9-4-3-5-10(12-9)13-11(14)8-16-7-6-15-2/h3-5H,6-8H2,1-2H3,(H,12,13,14). The Morgan fingerprint density at radius 1 is 1.44 bits per heavy atom. The van der Waals surface area contributed by atoms with Gasteiger partial charge in [0.15, 0.2) is 0 Å². The third kappa shape index (κ3) is 4.86. The van der Waals surface area contributed by atoms with Crippen LogP contribution in [0, 0.1) is 6.92 Å². The molecule has 5 heteroatoms. The maximum Gasteiger partial charge on any atom is 0.251 e. The predicted octanol–water partition coefficient (Wildman–Crippen LogP) is 0.992. The maximum absolute atomic E-state index is 11.4. The average Bonchev–Trinajstić information content (AvgIpc) is 2.24. The van der Waals surface area contributed by atoms with E-state index in [-0.39, 0.29) is 12.5 Å². The number of carbonyl (C=O) groups is 1. The van der Waals surface area contributed by atoms with Gasteiger partial charge in [-0.05, 0) is 19.1 Å². The molecule has 0 saturated heterocycles. The second-order valence-corrected chi connectivity index (χ2v) is 3.26. The molecular formula is C11H16N2O3. The van der Waals surface area contributed by atoms with E-state index in [2.05, 4.69) is 10.3 Å². The summed E-state index contributed by atoms with van der Waals surface area (Å²) in [4.78, 5) is 15.5. The summed E-state index contributed by atoms with van der Waals surface area (Å²) >= 11 is 0. The zero-order chi connectivity index (χ0) is 11.8. The molecule has 0 aliphatic carbocycles. The van der Waals surface area contributed by atoms with Gasteiger partial charge in [-0.2, -0.15) is 0 Å². The molecule has 1 amide bonds. The van der Waals surface area contributed by atoms with E-state index in [9.17, 15) is 4.79 Å². The van der Waals surface area contributed by atoms with Crippen molar-refractivity contribution in [3.05, 3.63) is 23.9 Å². The molecule has 1 aromatic rings. The fraction of sp³-hybridized carbons (Fsp3) is 0.455. The number of aromatic nitrogens is 1. The van der Waals surface area contributed by atoms with Gasteiger partial charge in [0.2, 0.25) is 0 Å². The number of methoxy groups -OCH3 is 1. The zero-order valence-corrected chi connectivity index (χ0v) is 9.53. The van der Waals surface area contributed by atoms with Crippen molar-refractivity contribution in [2.75, 3.05) is 32.2 Å². The Kier molecular flexibility index (Phi) is 5.45. The monoisotopic (exact) mass is 224 g/mol. The number of hydrogen-bond acceptors (Lipinski definition) is 4. The summed E-state index contributed by atoms with van der Waals surface area (Å²) in [7, 11) is 1.58. The van der Waals surface area contributed by atoms with Crippen LogP contribution < -0.4 is 5.32 Å². The van der Waals surface area contributed by atoms with Crippen molar-refractivity contribution in [1.29, 1.82) is 0 Å². The van der Waals surface area contributed by atoms with E-state index in [4.69, 9.17) is 9.47 Å². The highest BCUT2D eigenvalue weighted by molar-refractivity contribution is 5.90. The van der Waals surface area contributed by atoms with Crippen molar-refractivity contribution in [2.24, 2.45) is 0 Å². The van der Waals surface area contributed by atoms with Crippen LogP contribution in [0.25, 0.3) is 0 Å². The Labute approximate surface area is 94.8 Å². The topological polar surface area (TPSA) is 60.5 Å². The van der Waals surface area contributed by atoms with Crippen molar-refractivity contribution in [3.63, 3.8) is 0 Å². The van der Waals surface area contributed by atoms with Crippen molar-refractivity contribution < 1.29 is 14.3 Å². The lowest BCUT2D eigenvalue weighted by molar-refractivity contribution is -0.121. The number of amides is 1. The van der Waals surface area contributed by atoms with Gasteiger partial charge < -0.3 is 14.8 Å². The predicted molar refractivity (Wildman–Crippen MR) is 60.3 cm³/mol. The van der Waals surface area contributed by atoms with Crippen LogP contribution in [0.15, 0.2) is 18.2 Å². The van der Waals surface area contributed by atoms with Crippen LogP contribution in [0.1, 0.15) is 5.69 Å². The van der Waals surface area contributed by atoms with Gasteiger partial charge in [-0.1, -0.05) is 6.07 Å². The van der Waals surface area contributed by atoms with Crippen LogP contribution in [0.4, 0.5) is 5.82 Å². The van der Waals surface area contributed by atoms with E-state index < -0.39 is 0 Å². The second kappa shape index (κ2) is 6.92. The number of carbonyl (C=O) groups excluding carboxylic acids is 1. The summed E-state index contributed by atoms with van der Waals surface area (Å²) in [5, 5.41) is 2.64. The lowest BCUT2D eigenvalue weighted by Crippen LogP contribution is -2.20. The van der Waals surface area contributed by atoms with Crippen molar-refractivity contribution in [1.82, 2.24) is 4.98 Å². The number of nitrogens with zero attached hydrogens (tertiary/aromatic N) is 1. The molecule has 0 aliphatic heterocycles. The van der Waals surface area contributed by atoms with E-state index in [0.29, 0.717) is 19.0 Å². The molecule has 0 fully saturated rings. The number of nitrogens with one attached hydrogen (secondary N) is 1. The van der Waals surface area contributed by atoms with Crippen LogP contribution in [0.3, 0.4) is 0 Å². The highest BCUT2D eigenvalue weighted by Crippen LogP contribution is 2.03. The van der Waals surface area contributed by atoms with Gasteiger partial charge in [-0.3, -0.25) is 4.79 Å². The SMILES string of the molecule is COCCOCC(=O)Nc1cccc(C)n1. The first-order valence-electron chi connectivity index (χ1n) is 5.02.